The highest BCUT2D eigenvalue weighted by atomic mass is 16.3. The molecule has 1 aliphatic rings. The number of rotatable bonds is 6. The molecule has 0 bridgehead atoms. The Morgan fingerprint density at radius 2 is 2.06 bits per heavy atom. The van der Waals surface area contributed by atoms with Crippen LogP contribution in [0.3, 0.4) is 0 Å². The maximum atomic E-state index is 5.38. The first-order valence-electron chi connectivity index (χ1n) is 7.54. The van der Waals surface area contributed by atoms with Crippen LogP contribution in [0.25, 0.3) is 0 Å². The van der Waals surface area contributed by atoms with Gasteiger partial charge in [-0.05, 0) is 51.2 Å². The fraction of sp³-hybridized carbons (Fsp3) is 0.750. The molecule has 1 heterocycles. The third-order valence-electron chi connectivity index (χ3n) is 4.31. The third kappa shape index (κ3) is 4.16. The summed E-state index contributed by atoms with van der Waals surface area (Å²) in [6.45, 7) is 4.65. The minimum Gasteiger partial charge on any atom is -0.469 e. The van der Waals surface area contributed by atoms with Crippen molar-refractivity contribution in [2.45, 2.75) is 70.9 Å². The monoisotopic (exact) mass is 249 g/mol. The number of nitrogens with one attached hydrogen (secondary N) is 1. The standard InChI is InChI=1S/C16H27NO/c1-13(10-11-16-9-6-12-18-16)17-14(2)15-7-4-3-5-8-15/h6,9,12-15,17H,3-5,7-8,10-11H2,1-2H3. The van der Waals surface area contributed by atoms with Gasteiger partial charge in [0.2, 0.25) is 0 Å². The Bertz CT molecular complexity index is 314. The van der Waals surface area contributed by atoms with Crippen molar-refractivity contribution in [3.8, 4) is 0 Å². The van der Waals surface area contributed by atoms with Crippen molar-refractivity contribution >= 4 is 0 Å². The molecule has 1 aliphatic carbocycles. The summed E-state index contributed by atoms with van der Waals surface area (Å²) in [6, 6.07) is 5.28. The van der Waals surface area contributed by atoms with E-state index in [9.17, 15) is 0 Å². The van der Waals surface area contributed by atoms with Crippen LogP contribution in [0.4, 0.5) is 0 Å². The van der Waals surface area contributed by atoms with Crippen molar-refractivity contribution in [1.29, 1.82) is 0 Å². The fourth-order valence-corrected chi connectivity index (χ4v) is 3.12. The molecule has 0 amide bonds. The van der Waals surface area contributed by atoms with Crippen LogP contribution in [0, 0.1) is 5.92 Å². The molecule has 0 spiro atoms. The normalized spacial score (nSPS) is 20.8. The van der Waals surface area contributed by atoms with E-state index in [1.807, 2.05) is 6.07 Å². The molecule has 18 heavy (non-hydrogen) atoms. The lowest BCUT2D eigenvalue weighted by molar-refractivity contribution is 0.263. The number of furan rings is 1. The van der Waals surface area contributed by atoms with Crippen molar-refractivity contribution < 1.29 is 4.42 Å². The van der Waals surface area contributed by atoms with Gasteiger partial charge in [0.15, 0.2) is 0 Å². The van der Waals surface area contributed by atoms with Gasteiger partial charge >= 0.3 is 0 Å². The second kappa shape index (κ2) is 6.98. The number of hydrogen-bond acceptors (Lipinski definition) is 2. The quantitative estimate of drug-likeness (QED) is 0.819. The van der Waals surface area contributed by atoms with Crippen molar-refractivity contribution in [1.82, 2.24) is 5.32 Å². The topological polar surface area (TPSA) is 25.2 Å². The smallest absolute Gasteiger partial charge is 0.103 e. The van der Waals surface area contributed by atoms with Crippen LogP contribution in [-0.2, 0) is 6.42 Å². The predicted octanol–water partition coefficient (Wildman–Crippen LogP) is 4.16. The Labute approximate surface area is 111 Å². The molecule has 1 fully saturated rings. The minimum absolute atomic E-state index is 0.576. The highest BCUT2D eigenvalue weighted by Gasteiger charge is 2.20. The van der Waals surface area contributed by atoms with Crippen LogP contribution in [0.5, 0.6) is 0 Å². The van der Waals surface area contributed by atoms with Crippen molar-refractivity contribution in [3.63, 3.8) is 0 Å². The molecule has 1 aromatic heterocycles. The van der Waals surface area contributed by atoms with E-state index < -0.39 is 0 Å². The summed E-state index contributed by atoms with van der Waals surface area (Å²) < 4.78 is 5.38. The Hall–Kier alpha value is -0.760. The third-order valence-corrected chi connectivity index (χ3v) is 4.31. The van der Waals surface area contributed by atoms with E-state index in [-0.39, 0.29) is 0 Å². The van der Waals surface area contributed by atoms with Crippen molar-refractivity contribution in [3.05, 3.63) is 24.2 Å². The lowest BCUT2D eigenvalue weighted by Gasteiger charge is -2.30. The molecule has 0 aliphatic heterocycles. The van der Waals surface area contributed by atoms with Crippen LogP contribution < -0.4 is 5.32 Å². The highest BCUT2D eigenvalue weighted by Crippen LogP contribution is 2.26. The Balaban J connectivity index is 1.67. The first-order chi connectivity index (χ1) is 8.75. The fourth-order valence-electron chi connectivity index (χ4n) is 3.12. The first-order valence-corrected chi connectivity index (χ1v) is 7.54. The number of hydrogen-bond donors (Lipinski definition) is 1. The Kier molecular flexibility index (Phi) is 5.30. The summed E-state index contributed by atoms with van der Waals surface area (Å²) in [6.07, 6.45) is 11.1. The van der Waals surface area contributed by atoms with Crippen LogP contribution in [0.15, 0.2) is 22.8 Å². The second-order valence-corrected chi connectivity index (χ2v) is 5.87. The molecule has 2 heteroatoms. The van der Waals surface area contributed by atoms with Crippen LogP contribution in [0.1, 0.15) is 58.1 Å². The van der Waals surface area contributed by atoms with Gasteiger partial charge in [0.1, 0.15) is 5.76 Å². The lowest BCUT2D eigenvalue weighted by Crippen LogP contribution is -2.40. The molecule has 2 rings (SSSR count). The van der Waals surface area contributed by atoms with Crippen LogP contribution in [-0.4, -0.2) is 12.1 Å². The maximum Gasteiger partial charge on any atom is 0.103 e. The minimum atomic E-state index is 0.576. The molecule has 102 valence electrons. The van der Waals surface area contributed by atoms with Gasteiger partial charge in [0.25, 0.3) is 0 Å². The molecule has 0 aromatic carbocycles. The number of aryl methyl sites for hydroxylation is 1. The molecule has 0 saturated heterocycles. The van der Waals surface area contributed by atoms with E-state index in [0.29, 0.717) is 12.1 Å². The van der Waals surface area contributed by atoms with Gasteiger partial charge in [-0.15, -0.1) is 0 Å². The molecule has 2 atom stereocenters. The Morgan fingerprint density at radius 1 is 1.28 bits per heavy atom. The van der Waals surface area contributed by atoms with E-state index >= 15 is 0 Å². The average molecular weight is 249 g/mol. The van der Waals surface area contributed by atoms with Gasteiger partial charge in [-0.25, -0.2) is 0 Å². The first kappa shape index (κ1) is 13.7. The summed E-state index contributed by atoms with van der Waals surface area (Å²) in [4.78, 5) is 0. The van der Waals surface area contributed by atoms with Gasteiger partial charge in [0.05, 0.1) is 6.26 Å². The zero-order valence-electron chi connectivity index (χ0n) is 11.8. The summed E-state index contributed by atoms with van der Waals surface area (Å²) >= 11 is 0. The molecule has 2 nitrogen and oxygen atoms in total. The Morgan fingerprint density at radius 3 is 2.72 bits per heavy atom. The van der Waals surface area contributed by atoms with Gasteiger partial charge in [0, 0.05) is 18.5 Å². The molecular formula is C16H27NO. The van der Waals surface area contributed by atoms with E-state index in [1.54, 1.807) is 6.26 Å². The van der Waals surface area contributed by atoms with E-state index in [2.05, 4.69) is 25.2 Å². The summed E-state index contributed by atoms with van der Waals surface area (Å²) in [7, 11) is 0. The zero-order chi connectivity index (χ0) is 12.8. The molecule has 1 N–H and O–H groups in total. The summed E-state index contributed by atoms with van der Waals surface area (Å²) in [5.41, 5.74) is 0. The van der Waals surface area contributed by atoms with E-state index in [0.717, 1.165) is 24.5 Å². The van der Waals surface area contributed by atoms with Gasteiger partial charge in [-0.3, -0.25) is 0 Å². The summed E-state index contributed by atoms with van der Waals surface area (Å²) in [5, 5.41) is 3.77. The molecule has 1 saturated carbocycles. The molecule has 1 aromatic rings. The van der Waals surface area contributed by atoms with Gasteiger partial charge < -0.3 is 9.73 Å². The van der Waals surface area contributed by atoms with Gasteiger partial charge in [-0.2, -0.15) is 0 Å². The molecule has 0 radical (unpaired) electrons. The van der Waals surface area contributed by atoms with E-state index in [1.165, 1.54) is 32.1 Å². The largest absolute Gasteiger partial charge is 0.469 e. The van der Waals surface area contributed by atoms with Crippen molar-refractivity contribution in [2.24, 2.45) is 5.92 Å². The van der Waals surface area contributed by atoms with Crippen molar-refractivity contribution in [2.75, 3.05) is 0 Å². The van der Waals surface area contributed by atoms with Crippen LogP contribution >= 0.6 is 0 Å². The zero-order valence-corrected chi connectivity index (χ0v) is 11.8. The predicted molar refractivity (Wildman–Crippen MR) is 75.7 cm³/mol. The maximum absolute atomic E-state index is 5.38. The average Bonchev–Trinajstić information content (AvgIpc) is 2.90. The van der Waals surface area contributed by atoms with Crippen LogP contribution in [0.2, 0.25) is 0 Å². The lowest BCUT2D eigenvalue weighted by atomic mass is 9.84. The SMILES string of the molecule is CC(CCc1ccco1)NC(C)C1CCCCC1. The molecule has 2 unspecified atom stereocenters. The van der Waals surface area contributed by atoms with Gasteiger partial charge in [-0.1, -0.05) is 19.3 Å². The molecular weight excluding hydrogens is 222 g/mol. The highest BCUT2D eigenvalue weighted by molar-refractivity contribution is 4.98. The second-order valence-electron chi connectivity index (χ2n) is 5.87. The summed E-state index contributed by atoms with van der Waals surface area (Å²) in [5.74, 6) is 2.00. The van der Waals surface area contributed by atoms with E-state index in [4.69, 9.17) is 4.42 Å².